The second-order valence-corrected chi connectivity index (χ2v) is 8.07. The number of rotatable bonds is 3. The Kier molecular flexibility index (Phi) is 5.61. The van der Waals surface area contributed by atoms with Gasteiger partial charge in [0.2, 0.25) is 0 Å². The number of fused-ring (bicyclic) bond motifs is 3. The van der Waals surface area contributed by atoms with Gasteiger partial charge in [0.1, 0.15) is 11.5 Å². The van der Waals surface area contributed by atoms with E-state index in [-0.39, 0.29) is 39.1 Å². The zero-order valence-corrected chi connectivity index (χ0v) is 18.3. The van der Waals surface area contributed by atoms with E-state index in [0.29, 0.717) is 6.07 Å². The van der Waals surface area contributed by atoms with Crippen molar-refractivity contribution >= 4 is 34.8 Å². The van der Waals surface area contributed by atoms with Crippen LogP contribution >= 0.6 is 23.2 Å². The molecule has 0 spiro atoms. The lowest BCUT2D eigenvalue weighted by Gasteiger charge is -2.37. The van der Waals surface area contributed by atoms with Gasteiger partial charge in [0.25, 0.3) is 0 Å². The molecule has 34 heavy (non-hydrogen) atoms. The third kappa shape index (κ3) is 3.60. The number of anilines is 1. The minimum atomic E-state index is -4.75. The van der Waals surface area contributed by atoms with Crippen molar-refractivity contribution in [2.75, 3.05) is 11.2 Å². The number of nitrogens with zero attached hydrogens (tertiary/aromatic N) is 3. The number of hydrogen-bond donors (Lipinski definition) is 1. The van der Waals surface area contributed by atoms with Crippen LogP contribution in [0.3, 0.4) is 0 Å². The van der Waals surface area contributed by atoms with Gasteiger partial charge >= 0.3 is 18.2 Å². The van der Waals surface area contributed by atoms with Crippen LogP contribution in [0.25, 0.3) is 21.7 Å². The van der Waals surface area contributed by atoms with Gasteiger partial charge in [0, 0.05) is 5.56 Å². The number of aromatic nitrogens is 2. The summed E-state index contributed by atoms with van der Waals surface area (Å²) in [6.45, 7) is 11.2. The first-order chi connectivity index (χ1) is 15.9. The van der Waals surface area contributed by atoms with Crippen molar-refractivity contribution in [3.63, 3.8) is 0 Å². The van der Waals surface area contributed by atoms with Crippen LogP contribution in [-0.4, -0.2) is 15.7 Å². The molecule has 0 aliphatic carbocycles. The summed E-state index contributed by atoms with van der Waals surface area (Å²) in [7, 11) is 0. The Bertz CT molecular complexity index is 1350. The van der Waals surface area contributed by atoms with Crippen LogP contribution in [0, 0.1) is 6.57 Å². The van der Waals surface area contributed by atoms with Gasteiger partial charge in [-0.2, -0.15) is 26.3 Å². The molecule has 4 nitrogen and oxygen atoms in total. The summed E-state index contributed by atoms with van der Waals surface area (Å²) in [6, 6.07) is 6.10. The van der Waals surface area contributed by atoms with E-state index in [1.165, 1.54) is 24.3 Å². The molecule has 1 atom stereocenters. The van der Waals surface area contributed by atoms with Gasteiger partial charge in [-0.25, -0.2) is 0 Å². The van der Waals surface area contributed by atoms with Gasteiger partial charge in [0.05, 0.1) is 33.1 Å². The Balaban J connectivity index is 2.12. The third-order valence-corrected chi connectivity index (χ3v) is 6.17. The highest BCUT2D eigenvalue weighted by Gasteiger charge is 2.45. The maximum Gasteiger partial charge on any atom is 0.416 e. The highest BCUT2D eigenvalue weighted by molar-refractivity contribution is 6.33. The lowest BCUT2D eigenvalue weighted by atomic mass is 9.86. The fourth-order valence-corrected chi connectivity index (χ4v) is 4.50. The molecule has 1 aromatic heterocycles. The zero-order valence-electron chi connectivity index (χ0n) is 16.8. The zero-order chi connectivity index (χ0) is 25.1. The van der Waals surface area contributed by atoms with Crippen LogP contribution in [0.2, 0.25) is 5.02 Å². The number of alkyl halides is 7. The van der Waals surface area contributed by atoms with Crippen molar-refractivity contribution in [1.82, 2.24) is 9.78 Å². The quantitative estimate of drug-likeness (QED) is 0.166. The second kappa shape index (κ2) is 7.96. The molecule has 1 unspecified atom stereocenters. The van der Waals surface area contributed by atoms with Crippen LogP contribution < -0.4 is 5.32 Å². The number of hydrogen-bond acceptors (Lipinski definition) is 2. The van der Waals surface area contributed by atoms with E-state index in [1.807, 2.05) is 0 Å². The van der Waals surface area contributed by atoms with Crippen LogP contribution in [0.5, 0.6) is 0 Å². The molecule has 1 aliphatic rings. The lowest BCUT2D eigenvalue weighted by molar-refractivity contribution is -0.138. The molecule has 2 heterocycles. The van der Waals surface area contributed by atoms with E-state index in [2.05, 4.69) is 21.8 Å². The molecule has 0 amide bonds. The molecular formula is C22H12Cl2F6N4. The number of halogens is 8. The molecule has 176 valence electrons. The highest BCUT2D eigenvalue weighted by atomic mass is 35.5. The molecule has 4 rings (SSSR count). The van der Waals surface area contributed by atoms with Crippen molar-refractivity contribution in [3.05, 3.63) is 82.2 Å². The Hall–Kier alpha value is -3.16. The van der Waals surface area contributed by atoms with Gasteiger partial charge in [-0.05, 0) is 28.9 Å². The topological polar surface area (TPSA) is 34.2 Å². The van der Waals surface area contributed by atoms with Gasteiger partial charge < -0.3 is 10.2 Å². The predicted octanol–water partition coefficient (Wildman–Crippen LogP) is 7.83. The molecule has 1 aliphatic heterocycles. The summed E-state index contributed by atoms with van der Waals surface area (Å²) in [5, 5.41) is 6.60. The SMILES string of the molecule is [C-]#[N+]c1nn2c(c1-c1ccccc1C(F)(F)F)NC(C=C)(CCl)c1cc(C(F)(F)F)cc(Cl)c1-2. The minimum absolute atomic E-state index is 0.0421. The molecule has 0 bridgehead atoms. The second-order valence-electron chi connectivity index (χ2n) is 7.40. The molecule has 2 aromatic carbocycles. The van der Waals surface area contributed by atoms with Crippen molar-refractivity contribution in [3.8, 4) is 16.8 Å². The monoisotopic (exact) mass is 516 g/mol. The standard InChI is InChI=1S/C22H12Cl2F6N4/c1-3-20(10-23)14-8-11(21(25,26)27)9-15(24)17(14)34-19(32-20)16(18(31-2)33-34)12-6-4-5-7-13(12)22(28,29)30/h3-9,32H,1,10H2. The van der Waals surface area contributed by atoms with Crippen LogP contribution in [-0.2, 0) is 17.9 Å². The molecule has 1 N–H and O–H groups in total. The maximum atomic E-state index is 13.8. The first-order valence-electron chi connectivity index (χ1n) is 9.44. The van der Waals surface area contributed by atoms with Gasteiger partial charge in [0.15, 0.2) is 0 Å². The summed E-state index contributed by atoms with van der Waals surface area (Å²) in [5.74, 6) is -0.840. The first-order valence-corrected chi connectivity index (χ1v) is 10.4. The first kappa shape index (κ1) is 24.0. The fourth-order valence-electron chi connectivity index (χ4n) is 3.88. The van der Waals surface area contributed by atoms with Crippen molar-refractivity contribution in [2.24, 2.45) is 0 Å². The third-order valence-electron chi connectivity index (χ3n) is 5.46. The molecular weight excluding hydrogens is 505 g/mol. The van der Waals surface area contributed by atoms with E-state index >= 15 is 0 Å². The average Bonchev–Trinajstić information content (AvgIpc) is 3.14. The predicted molar refractivity (Wildman–Crippen MR) is 116 cm³/mol. The summed E-state index contributed by atoms with van der Waals surface area (Å²) in [5.41, 5.74) is -4.26. The van der Waals surface area contributed by atoms with E-state index in [0.717, 1.165) is 16.8 Å². The summed E-state index contributed by atoms with van der Waals surface area (Å²) >= 11 is 12.4. The van der Waals surface area contributed by atoms with E-state index in [1.54, 1.807) is 0 Å². The largest absolute Gasteiger partial charge is 0.416 e. The Morgan fingerprint density at radius 1 is 1.15 bits per heavy atom. The van der Waals surface area contributed by atoms with Crippen LogP contribution in [0.4, 0.5) is 38.0 Å². The Morgan fingerprint density at radius 3 is 2.38 bits per heavy atom. The van der Waals surface area contributed by atoms with Gasteiger partial charge in [-0.15, -0.1) is 22.9 Å². The molecule has 3 aromatic rings. The summed E-state index contributed by atoms with van der Waals surface area (Å²) in [4.78, 5) is 3.26. The van der Waals surface area contributed by atoms with Crippen molar-refractivity contribution in [1.29, 1.82) is 0 Å². The summed E-state index contributed by atoms with van der Waals surface area (Å²) in [6.07, 6.45) is -8.25. The lowest BCUT2D eigenvalue weighted by Crippen LogP contribution is -2.41. The molecule has 12 heteroatoms. The van der Waals surface area contributed by atoms with Crippen LogP contribution in [0.15, 0.2) is 49.1 Å². The Labute approximate surface area is 199 Å². The summed E-state index contributed by atoms with van der Waals surface area (Å²) < 4.78 is 82.8. The maximum absolute atomic E-state index is 13.8. The minimum Gasteiger partial charge on any atom is -0.358 e. The number of nitrogens with one attached hydrogen (secondary N) is 1. The van der Waals surface area contributed by atoms with E-state index in [9.17, 15) is 26.3 Å². The average molecular weight is 517 g/mol. The molecule has 0 saturated carbocycles. The molecule has 0 radical (unpaired) electrons. The molecule has 0 saturated heterocycles. The van der Waals surface area contributed by atoms with Crippen LogP contribution in [0.1, 0.15) is 16.7 Å². The van der Waals surface area contributed by atoms with E-state index in [4.69, 9.17) is 29.8 Å². The van der Waals surface area contributed by atoms with Gasteiger partial charge in [-0.3, -0.25) is 0 Å². The Morgan fingerprint density at radius 2 is 1.82 bits per heavy atom. The highest BCUT2D eigenvalue weighted by Crippen LogP contribution is 2.51. The van der Waals surface area contributed by atoms with E-state index < -0.39 is 34.8 Å². The van der Waals surface area contributed by atoms with Gasteiger partial charge in [-0.1, -0.05) is 42.4 Å². The fraction of sp³-hybridized carbons (Fsp3) is 0.182. The smallest absolute Gasteiger partial charge is 0.358 e. The van der Waals surface area contributed by atoms with Crippen molar-refractivity contribution in [2.45, 2.75) is 17.9 Å². The normalized spacial score (nSPS) is 17.4. The van der Waals surface area contributed by atoms with Crippen molar-refractivity contribution < 1.29 is 26.3 Å². The molecule has 0 fully saturated rings. The number of benzene rings is 2.